The van der Waals surface area contributed by atoms with Crippen molar-refractivity contribution < 1.29 is 9.53 Å². The Morgan fingerprint density at radius 2 is 2.07 bits per heavy atom. The minimum Gasteiger partial charge on any atom is -0.460 e. The van der Waals surface area contributed by atoms with Gasteiger partial charge in [0, 0.05) is 6.04 Å². The van der Waals surface area contributed by atoms with Gasteiger partial charge in [-0.1, -0.05) is 6.92 Å². The van der Waals surface area contributed by atoms with Crippen LogP contribution < -0.4 is 0 Å². The van der Waals surface area contributed by atoms with Crippen LogP contribution in [0.15, 0.2) is 0 Å². The summed E-state index contributed by atoms with van der Waals surface area (Å²) < 4.78 is 5.56. The van der Waals surface area contributed by atoms with Crippen LogP contribution in [0.2, 0.25) is 0 Å². The molecule has 0 radical (unpaired) electrons. The molecule has 4 heterocycles. The maximum absolute atomic E-state index is 11.5. The normalized spacial score (nSPS) is 51.2. The summed E-state index contributed by atoms with van der Waals surface area (Å²) >= 11 is 0. The molecule has 0 aliphatic carbocycles. The molecule has 0 aromatic carbocycles. The minimum absolute atomic E-state index is 0.0278. The Balaban J connectivity index is 1.84. The van der Waals surface area contributed by atoms with Crippen LogP contribution >= 0.6 is 0 Å². The molecule has 3 nitrogen and oxygen atoms in total. The first-order valence-electron chi connectivity index (χ1n) is 5.70. The van der Waals surface area contributed by atoms with Gasteiger partial charge in [-0.25, -0.2) is 0 Å². The molecule has 0 saturated carbocycles. The fraction of sp³-hybridized carbons (Fsp3) is 0.909. The van der Waals surface area contributed by atoms with Crippen LogP contribution in [-0.4, -0.2) is 36.1 Å². The average Bonchev–Trinajstić information content (AvgIpc) is 2.22. The van der Waals surface area contributed by atoms with E-state index in [0.29, 0.717) is 12.0 Å². The third kappa shape index (κ3) is 1.11. The molecular weight excluding hydrogens is 178 g/mol. The van der Waals surface area contributed by atoms with Crippen LogP contribution in [0.3, 0.4) is 0 Å². The number of hydrogen-bond acceptors (Lipinski definition) is 3. The quantitative estimate of drug-likeness (QED) is 0.541. The Labute approximate surface area is 84.4 Å². The molecule has 4 fully saturated rings. The number of hydrogen-bond donors (Lipinski definition) is 0. The summed E-state index contributed by atoms with van der Waals surface area (Å²) in [5, 5.41) is 0. The largest absolute Gasteiger partial charge is 0.460 e. The van der Waals surface area contributed by atoms with Crippen molar-refractivity contribution in [2.24, 2.45) is 11.8 Å². The zero-order valence-corrected chi connectivity index (χ0v) is 8.61. The Bertz CT molecular complexity index is 258. The van der Waals surface area contributed by atoms with Crippen molar-refractivity contribution in [2.75, 3.05) is 13.1 Å². The van der Waals surface area contributed by atoms with Crippen LogP contribution in [0.1, 0.15) is 26.2 Å². The van der Waals surface area contributed by atoms with E-state index in [0.717, 1.165) is 6.42 Å². The lowest BCUT2D eigenvalue weighted by molar-refractivity contribution is -0.184. The fourth-order valence-corrected chi connectivity index (χ4v) is 3.27. The number of carbonyl (C=O) groups excluding carboxylic acids is 1. The van der Waals surface area contributed by atoms with Gasteiger partial charge in [-0.3, -0.25) is 9.69 Å². The van der Waals surface area contributed by atoms with Gasteiger partial charge in [-0.2, -0.15) is 0 Å². The highest BCUT2D eigenvalue weighted by Gasteiger charge is 2.48. The van der Waals surface area contributed by atoms with Gasteiger partial charge in [0.15, 0.2) is 0 Å². The minimum atomic E-state index is 0.0278. The molecule has 4 aliphatic heterocycles. The Kier molecular flexibility index (Phi) is 1.84. The summed E-state index contributed by atoms with van der Waals surface area (Å²) in [4.78, 5) is 14.0. The molecule has 2 bridgehead atoms. The van der Waals surface area contributed by atoms with Crippen molar-refractivity contribution in [3.05, 3.63) is 0 Å². The van der Waals surface area contributed by atoms with Crippen molar-refractivity contribution in [1.82, 2.24) is 4.90 Å². The van der Waals surface area contributed by atoms with Gasteiger partial charge in [0.25, 0.3) is 0 Å². The predicted molar refractivity (Wildman–Crippen MR) is 51.7 cm³/mol. The van der Waals surface area contributed by atoms with Gasteiger partial charge < -0.3 is 4.74 Å². The fourth-order valence-electron chi connectivity index (χ4n) is 3.27. The molecule has 4 saturated heterocycles. The summed E-state index contributed by atoms with van der Waals surface area (Å²) in [6.45, 7) is 4.42. The number of nitrogens with zero attached hydrogens (tertiary/aromatic N) is 1. The lowest BCUT2D eigenvalue weighted by Gasteiger charge is -2.52. The van der Waals surface area contributed by atoms with Crippen LogP contribution in [0, 0.1) is 11.8 Å². The van der Waals surface area contributed by atoms with E-state index < -0.39 is 0 Å². The zero-order chi connectivity index (χ0) is 9.71. The molecule has 78 valence electrons. The standard InChI is InChI=1S/C11H17NO2/c1-7-6-9-10(14-11(7)13)8-2-4-12(9)5-3-8/h7-10H,2-6H2,1H3. The van der Waals surface area contributed by atoms with Gasteiger partial charge in [0.2, 0.25) is 0 Å². The van der Waals surface area contributed by atoms with Crippen molar-refractivity contribution in [3.63, 3.8) is 0 Å². The Morgan fingerprint density at radius 1 is 1.36 bits per heavy atom. The topological polar surface area (TPSA) is 29.5 Å². The molecule has 0 aromatic rings. The molecule has 4 rings (SSSR count). The van der Waals surface area contributed by atoms with Crippen LogP contribution in [0.4, 0.5) is 0 Å². The Hall–Kier alpha value is -0.570. The zero-order valence-electron chi connectivity index (χ0n) is 8.61. The van der Waals surface area contributed by atoms with E-state index in [-0.39, 0.29) is 18.0 Å². The molecule has 0 aromatic heterocycles. The van der Waals surface area contributed by atoms with E-state index in [9.17, 15) is 4.79 Å². The smallest absolute Gasteiger partial charge is 0.309 e. The monoisotopic (exact) mass is 195 g/mol. The van der Waals surface area contributed by atoms with Crippen molar-refractivity contribution in [1.29, 1.82) is 0 Å². The second-order valence-electron chi connectivity index (χ2n) is 4.98. The average molecular weight is 195 g/mol. The first-order valence-corrected chi connectivity index (χ1v) is 5.70. The molecule has 0 spiro atoms. The van der Waals surface area contributed by atoms with E-state index in [1.165, 1.54) is 25.9 Å². The molecule has 4 aliphatic rings. The van der Waals surface area contributed by atoms with Crippen molar-refractivity contribution in [2.45, 2.75) is 38.3 Å². The highest BCUT2D eigenvalue weighted by atomic mass is 16.5. The maximum Gasteiger partial charge on any atom is 0.309 e. The lowest BCUT2D eigenvalue weighted by Crippen LogP contribution is -2.62. The van der Waals surface area contributed by atoms with E-state index in [1.54, 1.807) is 0 Å². The van der Waals surface area contributed by atoms with E-state index in [1.807, 2.05) is 6.92 Å². The molecule has 0 amide bonds. The highest BCUT2D eigenvalue weighted by Crippen LogP contribution is 2.39. The van der Waals surface area contributed by atoms with Gasteiger partial charge in [0.05, 0.1) is 5.92 Å². The lowest BCUT2D eigenvalue weighted by atomic mass is 9.76. The molecular formula is C11H17NO2. The van der Waals surface area contributed by atoms with E-state index >= 15 is 0 Å². The number of carbonyl (C=O) groups is 1. The van der Waals surface area contributed by atoms with Crippen molar-refractivity contribution in [3.8, 4) is 0 Å². The van der Waals surface area contributed by atoms with Crippen LogP contribution in [0.5, 0.6) is 0 Å². The molecule has 3 heteroatoms. The molecule has 3 unspecified atom stereocenters. The molecule has 3 atom stereocenters. The van der Waals surface area contributed by atoms with Gasteiger partial charge in [-0.05, 0) is 38.3 Å². The predicted octanol–water partition coefficient (Wildman–Crippen LogP) is 1.03. The summed E-state index contributed by atoms with van der Waals surface area (Å²) in [5.74, 6) is 0.789. The number of rotatable bonds is 0. The molecule has 0 N–H and O–H groups in total. The summed E-state index contributed by atoms with van der Waals surface area (Å²) in [7, 11) is 0. The number of ether oxygens (including phenoxy) is 1. The molecule has 14 heavy (non-hydrogen) atoms. The number of esters is 1. The van der Waals surface area contributed by atoms with E-state index in [4.69, 9.17) is 4.74 Å². The second-order valence-corrected chi connectivity index (χ2v) is 4.98. The second kappa shape index (κ2) is 2.96. The first kappa shape index (κ1) is 8.72. The summed E-state index contributed by atoms with van der Waals surface area (Å²) in [5.41, 5.74) is 0. The highest BCUT2D eigenvalue weighted by molar-refractivity contribution is 5.73. The summed E-state index contributed by atoms with van der Waals surface area (Å²) in [6, 6.07) is 0.537. The summed E-state index contributed by atoms with van der Waals surface area (Å²) in [6.07, 6.45) is 3.69. The van der Waals surface area contributed by atoms with Gasteiger partial charge in [-0.15, -0.1) is 0 Å². The van der Waals surface area contributed by atoms with Crippen molar-refractivity contribution >= 4 is 5.97 Å². The first-order chi connectivity index (χ1) is 6.75. The Morgan fingerprint density at radius 3 is 2.79 bits per heavy atom. The van der Waals surface area contributed by atoms with Gasteiger partial charge in [0.1, 0.15) is 6.10 Å². The third-order valence-electron chi connectivity index (χ3n) is 4.14. The van der Waals surface area contributed by atoms with Gasteiger partial charge >= 0.3 is 5.97 Å². The third-order valence-corrected chi connectivity index (χ3v) is 4.14. The maximum atomic E-state index is 11.5. The van der Waals surface area contributed by atoms with E-state index in [2.05, 4.69) is 4.90 Å². The van der Waals surface area contributed by atoms with Crippen LogP contribution in [-0.2, 0) is 9.53 Å². The SMILES string of the molecule is CC1CC2C(OC1=O)C1CCN2CC1. The number of piperidine rings is 3. The van der Waals surface area contributed by atoms with Crippen LogP contribution in [0.25, 0.3) is 0 Å². The number of fused-ring (bicyclic) bond motifs is 2.